The lowest BCUT2D eigenvalue weighted by molar-refractivity contribution is -0.114. The molecule has 0 saturated carbocycles. The van der Waals surface area contributed by atoms with Gasteiger partial charge in [-0.2, -0.15) is 0 Å². The minimum Gasteiger partial charge on any atom is -0.493 e. The van der Waals surface area contributed by atoms with E-state index in [2.05, 4.69) is 6.07 Å². The molecule has 0 N–H and O–H groups in total. The smallest absolute Gasteiger partial charge is 0.253 e. The van der Waals surface area contributed by atoms with Gasteiger partial charge >= 0.3 is 0 Å². The van der Waals surface area contributed by atoms with Crippen molar-refractivity contribution in [2.24, 2.45) is 0 Å². The predicted octanol–water partition coefficient (Wildman–Crippen LogP) is 3.70. The van der Waals surface area contributed by atoms with Gasteiger partial charge in [0.15, 0.2) is 11.5 Å². The van der Waals surface area contributed by atoms with E-state index in [0.717, 1.165) is 24.2 Å². The number of carbonyl (C=O) groups excluding carboxylic acids is 1. The van der Waals surface area contributed by atoms with Crippen molar-refractivity contribution in [3.63, 3.8) is 0 Å². The van der Waals surface area contributed by atoms with Crippen molar-refractivity contribution >= 4 is 17.7 Å². The van der Waals surface area contributed by atoms with Crippen LogP contribution in [0.1, 0.15) is 18.1 Å². The highest BCUT2D eigenvalue weighted by molar-refractivity contribution is 6.09. The van der Waals surface area contributed by atoms with Crippen molar-refractivity contribution in [2.75, 3.05) is 25.7 Å². The van der Waals surface area contributed by atoms with Crippen LogP contribution in [0.5, 0.6) is 11.5 Å². The predicted molar refractivity (Wildman–Crippen MR) is 95.7 cm³/mol. The fourth-order valence-electron chi connectivity index (χ4n) is 3.02. The maximum absolute atomic E-state index is 12.8. The van der Waals surface area contributed by atoms with Crippen molar-refractivity contribution in [3.05, 3.63) is 59.2 Å². The van der Waals surface area contributed by atoms with Gasteiger partial charge in [-0.05, 0) is 48.7 Å². The summed E-state index contributed by atoms with van der Waals surface area (Å²) >= 11 is 0. The van der Waals surface area contributed by atoms with Gasteiger partial charge in [0.2, 0.25) is 0 Å². The summed E-state index contributed by atoms with van der Waals surface area (Å²) in [6.45, 7) is 2.58. The number of benzene rings is 2. The molecule has 0 fully saturated rings. The van der Waals surface area contributed by atoms with Crippen molar-refractivity contribution in [1.29, 1.82) is 0 Å². The van der Waals surface area contributed by atoms with Crippen LogP contribution in [0.15, 0.2) is 48.0 Å². The van der Waals surface area contributed by atoms with Crippen LogP contribution in [-0.2, 0) is 11.2 Å². The van der Waals surface area contributed by atoms with Gasteiger partial charge < -0.3 is 14.4 Å². The standard InChI is InChI=1S/C20H21NO3/c1-14(12-15-8-9-18(23-2)19(13-15)24-3)20(22)21-11-10-16-6-4-5-7-17(16)21/h4-9,12-13H,10-11H2,1-3H3/b14-12+. The lowest BCUT2D eigenvalue weighted by Crippen LogP contribution is -2.29. The van der Waals surface area contributed by atoms with Crippen LogP contribution in [0.3, 0.4) is 0 Å². The number of fused-ring (bicyclic) bond motifs is 1. The number of rotatable bonds is 4. The molecule has 2 aromatic carbocycles. The van der Waals surface area contributed by atoms with Crippen LogP contribution in [0, 0.1) is 0 Å². The lowest BCUT2D eigenvalue weighted by Gasteiger charge is -2.17. The van der Waals surface area contributed by atoms with Crippen LogP contribution in [0.25, 0.3) is 6.08 Å². The average Bonchev–Trinajstić information content (AvgIpc) is 3.04. The zero-order chi connectivity index (χ0) is 17.1. The first kappa shape index (κ1) is 16.1. The molecule has 0 bridgehead atoms. The molecule has 4 heteroatoms. The van der Waals surface area contributed by atoms with E-state index in [1.165, 1.54) is 5.56 Å². The third-order valence-corrected chi connectivity index (χ3v) is 4.26. The van der Waals surface area contributed by atoms with Gasteiger partial charge in [-0.25, -0.2) is 0 Å². The van der Waals surface area contributed by atoms with Crippen molar-refractivity contribution < 1.29 is 14.3 Å². The van der Waals surface area contributed by atoms with Gasteiger partial charge in [-0.3, -0.25) is 4.79 Å². The van der Waals surface area contributed by atoms with E-state index in [-0.39, 0.29) is 5.91 Å². The first-order valence-electron chi connectivity index (χ1n) is 7.94. The number of para-hydroxylation sites is 1. The van der Waals surface area contributed by atoms with Gasteiger partial charge in [0, 0.05) is 17.8 Å². The molecule has 1 amide bonds. The van der Waals surface area contributed by atoms with Crippen molar-refractivity contribution in [3.8, 4) is 11.5 Å². The monoisotopic (exact) mass is 323 g/mol. The first-order valence-corrected chi connectivity index (χ1v) is 7.94. The molecule has 124 valence electrons. The van der Waals surface area contributed by atoms with E-state index in [4.69, 9.17) is 9.47 Å². The maximum Gasteiger partial charge on any atom is 0.253 e. The zero-order valence-electron chi connectivity index (χ0n) is 14.2. The Hall–Kier alpha value is -2.75. The highest BCUT2D eigenvalue weighted by atomic mass is 16.5. The number of carbonyl (C=O) groups is 1. The number of ether oxygens (including phenoxy) is 2. The van der Waals surface area contributed by atoms with E-state index in [1.807, 2.05) is 54.3 Å². The second-order valence-electron chi connectivity index (χ2n) is 5.78. The molecular formula is C20H21NO3. The molecular weight excluding hydrogens is 302 g/mol. The first-order chi connectivity index (χ1) is 11.6. The molecule has 1 aliphatic rings. The quantitative estimate of drug-likeness (QED) is 0.805. The summed E-state index contributed by atoms with van der Waals surface area (Å²) in [6, 6.07) is 13.7. The number of anilines is 1. The van der Waals surface area contributed by atoms with Crippen molar-refractivity contribution in [2.45, 2.75) is 13.3 Å². The topological polar surface area (TPSA) is 38.8 Å². The molecule has 0 atom stereocenters. The summed E-state index contributed by atoms with van der Waals surface area (Å²) < 4.78 is 10.6. The van der Waals surface area contributed by atoms with E-state index in [0.29, 0.717) is 17.1 Å². The number of hydrogen-bond acceptors (Lipinski definition) is 3. The van der Waals surface area contributed by atoms with Crippen LogP contribution < -0.4 is 14.4 Å². The van der Waals surface area contributed by atoms with Gasteiger partial charge in [0.05, 0.1) is 14.2 Å². The maximum atomic E-state index is 12.8. The van der Waals surface area contributed by atoms with Crippen molar-refractivity contribution in [1.82, 2.24) is 0 Å². The minimum absolute atomic E-state index is 0.0368. The molecule has 1 heterocycles. The summed E-state index contributed by atoms with van der Waals surface area (Å²) in [5, 5.41) is 0. The Morgan fingerprint density at radius 1 is 1.08 bits per heavy atom. The number of amides is 1. The third kappa shape index (κ3) is 3.00. The Morgan fingerprint density at radius 3 is 2.58 bits per heavy atom. The molecule has 0 aromatic heterocycles. The summed E-state index contributed by atoms with van der Waals surface area (Å²) in [7, 11) is 3.21. The molecule has 0 unspecified atom stereocenters. The summed E-state index contributed by atoms with van der Waals surface area (Å²) in [5.74, 6) is 1.36. The molecule has 3 rings (SSSR count). The highest BCUT2D eigenvalue weighted by Gasteiger charge is 2.24. The normalized spacial score (nSPS) is 13.6. The Bertz CT molecular complexity index is 795. The Balaban J connectivity index is 1.85. The number of hydrogen-bond donors (Lipinski definition) is 0. The average molecular weight is 323 g/mol. The molecule has 0 aliphatic carbocycles. The molecule has 4 nitrogen and oxygen atoms in total. The Labute approximate surface area is 142 Å². The van der Waals surface area contributed by atoms with Crippen LogP contribution in [-0.4, -0.2) is 26.7 Å². The summed E-state index contributed by atoms with van der Waals surface area (Å²) in [6.07, 6.45) is 2.79. The molecule has 2 aromatic rings. The zero-order valence-corrected chi connectivity index (χ0v) is 14.2. The number of nitrogens with zero attached hydrogens (tertiary/aromatic N) is 1. The third-order valence-electron chi connectivity index (χ3n) is 4.26. The van der Waals surface area contributed by atoms with Gasteiger partial charge in [-0.1, -0.05) is 24.3 Å². The fourth-order valence-corrected chi connectivity index (χ4v) is 3.02. The largest absolute Gasteiger partial charge is 0.493 e. The Kier molecular flexibility index (Phi) is 4.56. The van der Waals surface area contributed by atoms with Gasteiger partial charge in [-0.15, -0.1) is 0 Å². The molecule has 0 saturated heterocycles. The molecule has 24 heavy (non-hydrogen) atoms. The van der Waals surface area contributed by atoms with Crippen LogP contribution >= 0.6 is 0 Å². The lowest BCUT2D eigenvalue weighted by atomic mass is 10.1. The highest BCUT2D eigenvalue weighted by Crippen LogP contribution is 2.30. The van der Waals surface area contributed by atoms with Crippen LogP contribution in [0.2, 0.25) is 0 Å². The fraction of sp³-hybridized carbons (Fsp3) is 0.250. The van der Waals surface area contributed by atoms with Gasteiger partial charge in [0.25, 0.3) is 5.91 Å². The second-order valence-corrected chi connectivity index (χ2v) is 5.78. The van der Waals surface area contributed by atoms with Crippen LogP contribution in [0.4, 0.5) is 5.69 Å². The molecule has 0 radical (unpaired) electrons. The summed E-state index contributed by atoms with van der Waals surface area (Å²) in [4.78, 5) is 14.6. The van der Waals surface area contributed by atoms with Gasteiger partial charge in [0.1, 0.15) is 0 Å². The van der Waals surface area contributed by atoms with E-state index >= 15 is 0 Å². The number of methoxy groups -OCH3 is 2. The molecule has 1 aliphatic heterocycles. The SMILES string of the molecule is COc1ccc(/C=C(\C)C(=O)N2CCc3ccccc32)cc1OC. The molecule has 0 spiro atoms. The van der Waals surface area contributed by atoms with E-state index in [1.54, 1.807) is 14.2 Å². The van der Waals surface area contributed by atoms with E-state index < -0.39 is 0 Å². The summed E-state index contributed by atoms with van der Waals surface area (Å²) in [5.41, 5.74) is 3.84. The Morgan fingerprint density at radius 2 is 1.83 bits per heavy atom. The minimum atomic E-state index is 0.0368. The van der Waals surface area contributed by atoms with E-state index in [9.17, 15) is 4.79 Å². The second kappa shape index (κ2) is 6.79.